The van der Waals surface area contributed by atoms with E-state index in [4.69, 9.17) is 11.6 Å². The average Bonchev–Trinajstić information content (AvgIpc) is 2.37. The molecule has 1 heterocycles. The summed E-state index contributed by atoms with van der Waals surface area (Å²) >= 11 is 5.94. The Morgan fingerprint density at radius 3 is 2.50 bits per heavy atom. The van der Waals surface area contributed by atoms with E-state index in [-0.39, 0.29) is 0 Å². The molecule has 0 unspecified atom stereocenters. The monoisotopic (exact) mass is 261 g/mol. The molecule has 2 rings (SSSR count). The van der Waals surface area contributed by atoms with Crippen LogP contribution in [0.4, 0.5) is 11.6 Å². The molecule has 1 aromatic heterocycles. The fourth-order valence-electron chi connectivity index (χ4n) is 1.65. The number of nitrogens with one attached hydrogen (secondary N) is 2. The summed E-state index contributed by atoms with van der Waals surface area (Å²) in [5.41, 5.74) is 1.14. The Morgan fingerprint density at radius 2 is 1.78 bits per heavy atom. The Kier molecular flexibility index (Phi) is 4.42. The average molecular weight is 262 g/mol. The van der Waals surface area contributed by atoms with E-state index in [2.05, 4.69) is 15.6 Å². The first kappa shape index (κ1) is 12.7. The topological polar surface area (TPSA) is 37.0 Å². The fraction of sp³-hybridized carbons (Fsp3) is 0.214. The van der Waals surface area contributed by atoms with Crippen LogP contribution in [0.5, 0.6) is 0 Å². The predicted octanol–water partition coefficient (Wildman–Crippen LogP) is 3.78. The quantitative estimate of drug-likeness (QED) is 0.860. The summed E-state index contributed by atoms with van der Waals surface area (Å²) in [5.74, 6) is 1.74. The smallest absolute Gasteiger partial charge is 0.128 e. The third-order valence-electron chi connectivity index (χ3n) is 2.47. The van der Waals surface area contributed by atoms with E-state index >= 15 is 0 Å². The van der Waals surface area contributed by atoms with Crippen LogP contribution in [0.2, 0.25) is 5.02 Å². The highest BCUT2D eigenvalue weighted by molar-refractivity contribution is 6.30. The third-order valence-corrected chi connectivity index (χ3v) is 2.70. The van der Waals surface area contributed by atoms with Crippen LogP contribution in [0.25, 0.3) is 0 Å². The highest BCUT2D eigenvalue weighted by atomic mass is 35.5. The molecule has 0 saturated carbocycles. The zero-order chi connectivity index (χ0) is 12.8. The van der Waals surface area contributed by atoms with Gasteiger partial charge in [0.25, 0.3) is 0 Å². The standard InChI is InChI=1S/C14H16ClN3/c1-2-16-13-7-4-8-14(18-13)17-10-11-5-3-6-12(15)9-11/h3-9H,2,10H2,1H3,(H2,16,17,18). The van der Waals surface area contributed by atoms with Gasteiger partial charge in [0.15, 0.2) is 0 Å². The van der Waals surface area contributed by atoms with Crippen LogP contribution in [-0.4, -0.2) is 11.5 Å². The van der Waals surface area contributed by atoms with Crippen molar-refractivity contribution < 1.29 is 0 Å². The lowest BCUT2D eigenvalue weighted by atomic mass is 10.2. The lowest BCUT2D eigenvalue weighted by Gasteiger charge is -2.08. The summed E-state index contributed by atoms with van der Waals surface area (Å²) in [4.78, 5) is 4.44. The van der Waals surface area contributed by atoms with Crippen LogP contribution in [0.1, 0.15) is 12.5 Å². The lowest BCUT2D eigenvalue weighted by molar-refractivity contribution is 1.10. The summed E-state index contributed by atoms with van der Waals surface area (Å²) in [6.07, 6.45) is 0. The molecule has 18 heavy (non-hydrogen) atoms. The number of hydrogen-bond donors (Lipinski definition) is 2. The maximum Gasteiger partial charge on any atom is 0.128 e. The largest absolute Gasteiger partial charge is 0.370 e. The Hall–Kier alpha value is -1.74. The number of hydrogen-bond acceptors (Lipinski definition) is 3. The summed E-state index contributed by atoms with van der Waals surface area (Å²) < 4.78 is 0. The second-order valence-electron chi connectivity index (χ2n) is 3.92. The van der Waals surface area contributed by atoms with Gasteiger partial charge in [-0.05, 0) is 36.8 Å². The zero-order valence-corrected chi connectivity index (χ0v) is 11.0. The molecule has 0 spiro atoms. The van der Waals surface area contributed by atoms with Crippen LogP contribution in [0.15, 0.2) is 42.5 Å². The number of anilines is 2. The van der Waals surface area contributed by atoms with Gasteiger partial charge < -0.3 is 10.6 Å². The molecule has 0 aliphatic heterocycles. The van der Waals surface area contributed by atoms with Crippen molar-refractivity contribution >= 4 is 23.2 Å². The van der Waals surface area contributed by atoms with Gasteiger partial charge in [-0.1, -0.05) is 29.8 Å². The maximum atomic E-state index is 5.94. The molecule has 0 saturated heterocycles. The second-order valence-corrected chi connectivity index (χ2v) is 4.36. The molecule has 3 nitrogen and oxygen atoms in total. The number of nitrogens with zero attached hydrogens (tertiary/aromatic N) is 1. The van der Waals surface area contributed by atoms with Crippen molar-refractivity contribution in [3.05, 3.63) is 53.1 Å². The molecule has 2 aromatic rings. The SMILES string of the molecule is CCNc1cccc(NCc2cccc(Cl)c2)n1. The van der Waals surface area contributed by atoms with Gasteiger partial charge in [0, 0.05) is 18.1 Å². The summed E-state index contributed by atoms with van der Waals surface area (Å²) in [5, 5.41) is 7.21. The van der Waals surface area contributed by atoms with Crippen molar-refractivity contribution in [3.63, 3.8) is 0 Å². The van der Waals surface area contributed by atoms with E-state index in [1.54, 1.807) is 0 Å². The normalized spacial score (nSPS) is 10.1. The van der Waals surface area contributed by atoms with Crippen molar-refractivity contribution in [2.24, 2.45) is 0 Å². The van der Waals surface area contributed by atoms with E-state index in [9.17, 15) is 0 Å². The molecule has 4 heteroatoms. The molecule has 2 N–H and O–H groups in total. The highest BCUT2D eigenvalue weighted by Crippen LogP contribution is 2.13. The first-order valence-electron chi connectivity index (χ1n) is 5.97. The van der Waals surface area contributed by atoms with Gasteiger partial charge in [-0.15, -0.1) is 0 Å². The Balaban J connectivity index is 1.99. The van der Waals surface area contributed by atoms with Crippen LogP contribution >= 0.6 is 11.6 Å². The molecular weight excluding hydrogens is 246 g/mol. The van der Waals surface area contributed by atoms with Crippen LogP contribution in [0, 0.1) is 0 Å². The van der Waals surface area contributed by atoms with E-state index < -0.39 is 0 Å². The molecule has 0 aliphatic rings. The van der Waals surface area contributed by atoms with Gasteiger partial charge in [0.2, 0.25) is 0 Å². The number of benzene rings is 1. The molecule has 1 aromatic carbocycles. The number of aromatic nitrogens is 1. The van der Waals surface area contributed by atoms with Crippen molar-refractivity contribution in [2.45, 2.75) is 13.5 Å². The second kappa shape index (κ2) is 6.26. The molecule has 0 bridgehead atoms. The van der Waals surface area contributed by atoms with Crippen LogP contribution in [-0.2, 0) is 6.54 Å². The minimum Gasteiger partial charge on any atom is -0.370 e. The fourth-order valence-corrected chi connectivity index (χ4v) is 1.87. The van der Waals surface area contributed by atoms with E-state index in [0.29, 0.717) is 6.54 Å². The molecule has 0 aliphatic carbocycles. The Bertz CT molecular complexity index is 514. The number of pyridine rings is 1. The zero-order valence-electron chi connectivity index (χ0n) is 10.3. The maximum absolute atomic E-state index is 5.94. The van der Waals surface area contributed by atoms with Gasteiger partial charge in [-0.2, -0.15) is 0 Å². The van der Waals surface area contributed by atoms with E-state index in [1.165, 1.54) is 0 Å². The molecule has 0 atom stereocenters. The minimum atomic E-state index is 0.711. The first-order valence-corrected chi connectivity index (χ1v) is 6.35. The van der Waals surface area contributed by atoms with Crippen molar-refractivity contribution in [1.29, 1.82) is 0 Å². The van der Waals surface area contributed by atoms with E-state index in [1.807, 2.05) is 49.4 Å². The van der Waals surface area contributed by atoms with Crippen molar-refractivity contribution in [3.8, 4) is 0 Å². The van der Waals surface area contributed by atoms with Gasteiger partial charge in [0.05, 0.1) is 0 Å². The number of rotatable bonds is 5. The van der Waals surface area contributed by atoms with Crippen LogP contribution in [0.3, 0.4) is 0 Å². The Morgan fingerprint density at radius 1 is 1.06 bits per heavy atom. The Labute approximate surface area is 112 Å². The summed E-state index contributed by atoms with van der Waals surface area (Å²) in [7, 11) is 0. The molecule has 0 radical (unpaired) electrons. The molecule has 0 amide bonds. The summed E-state index contributed by atoms with van der Waals surface area (Å²) in [6.45, 7) is 3.63. The van der Waals surface area contributed by atoms with E-state index in [0.717, 1.165) is 28.8 Å². The van der Waals surface area contributed by atoms with Gasteiger partial charge in [-0.3, -0.25) is 0 Å². The van der Waals surface area contributed by atoms with Crippen molar-refractivity contribution in [2.75, 3.05) is 17.2 Å². The lowest BCUT2D eigenvalue weighted by Crippen LogP contribution is -2.04. The third kappa shape index (κ3) is 3.64. The number of halogens is 1. The van der Waals surface area contributed by atoms with Crippen molar-refractivity contribution in [1.82, 2.24) is 4.98 Å². The van der Waals surface area contributed by atoms with Gasteiger partial charge in [-0.25, -0.2) is 4.98 Å². The first-order chi connectivity index (χ1) is 8.78. The molecular formula is C14H16ClN3. The summed E-state index contributed by atoms with van der Waals surface area (Å²) in [6, 6.07) is 13.7. The van der Waals surface area contributed by atoms with Gasteiger partial charge in [0.1, 0.15) is 11.6 Å². The van der Waals surface area contributed by atoms with Crippen LogP contribution < -0.4 is 10.6 Å². The van der Waals surface area contributed by atoms with Gasteiger partial charge >= 0.3 is 0 Å². The minimum absolute atomic E-state index is 0.711. The molecule has 94 valence electrons. The highest BCUT2D eigenvalue weighted by Gasteiger charge is 1.98. The predicted molar refractivity (Wildman–Crippen MR) is 77.2 cm³/mol. The molecule has 0 fully saturated rings.